The molecule has 0 spiro atoms. The fourth-order valence-corrected chi connectivity index (χ4v) is 1.77. The van der Waals surface area contributed by atoms with Gasteiger partial charge < -0.3 is 15.7 Å². The summed E-state index contributed by atoms with van der Waals surface area (Å²) < 4.78 is 0. The lowest BCUT2D eigenvalue weighted by molar-refractivity contribution is -0.120. The zero-order chi connectivity index (χ0) is 13.7. The summed E-state index contributed by atoms with van der Waals surface area (Å²) in [7, 11) is 0. The van der Waals surface area contributed by atoms with E-state index >= 15 is 0 Å². The largest absolute Gasteiger partial charge is 0.476 e. The van der Waals surface area contributed by atoms with Crippen molar-refractivity contribution < 1.29 is 19.5 Å². The Hall–Kier alpha value is -1.96. The number of aromatic nitrogens is 1. The van der Waals surface area contributed by atoms with Crippen LogP contribution >= 0.6 is 11.3 Å². The Balaban J connectivity index is 2.50. The molecule has 3 N–H and O–H groups in total. The highest BCUT2D eigenvalue weighted by Crippen LogP contribution is 2.12. The topological polar surface area (TPSA) is 108 Å². The van der Waals surface area contributed by atoms with Crippen molar-refractivity contribution in [3.8, 4) is 0 Å². The van der Waals surface area contributed by atoms with Crippen LogP contribution in [0.5, 0.6) is 0 Å². The van der Waals surface area contributed by atoms with Crippen LogP contribution in [0.25, 0.3) is 0 Å². The van der Waals surface area contributed by atoms with Crippen LogP contribution in [-0.4, -0.2) is 40.5 Å². The standard InChI is InChI=1S/C10H13N3O4S/c1-5(2)13-7(14)4-11-8(15)6-3-12-9(18-6)10(16)17/h3,5H,4H2,1-2H3,(H,11,15)(H,13,14)(H,16,17). The summed E-state index contributed by atoms with van der Waals surface area (Å²) in [6, 6.07) is -0.00332. The van der Waals surface area contributed by atoms with Crippen molar-refractivity contribution in [2.45, 2.75) is 19.9 Å². The van der Waals surface area contributed by atoms with E-state index in [4.69, 9.17) is 5.11 Å². The first kappa shape index (κ1) is 14.1. The number of carbonyl (C=O) groups excluding carboxylic acids is 2. The zero-order valence-electron chi connectivity index (χ0n) is 9.89. The van der Waals surface area contributed by atoms with Gasteiger partial charge >= 0.3 is 5.97 Å². The molecule has 1 heterocycles. The third kappa shape index (κ3) is 4.13. The number of carbonyl (C=O) groups is 3. The molecule has 1 aromatic rings. The highest BCUT2D eigenvalue weighted by Gasteiger charge is 2.15. The summed E-state index contributed by atoms with van der Waals surface area (Å²) in [4.78, 5) is 37.1. The van der Waals surface area contributed by atoms with Gasteiger partial charge in [-0.05, 0) is 13.8 Å². The number of carboxylic acid groups (broad SMARTS) is 1. The molecule has 0 bridgehead atoms. The average Bonchev–Trinajstić information content (AvgIpc) is 2.74. The quantitative estimate of drug-likeness (QED) is 0.703. The fourth-order valence-electron chi connectivity index (χ4n) is 1.10. The second-order valence-corrected chi connectivity index (χ2v) is 4.77. The number of amides is 2. The fraction of sp³-hybridized carbons (Fsp3) is 0.400. The predicted molar refractivity (Wildman–Crippen MR) is 64.7 cm³/mol. The van der Waals surface area contributed by atoms with Gasteiger partial charge in [0.15, 0.2) is 0 Å². The van der Waals surface area contributed by atoms with E-state index in [2.05, 4.69) is 15.6 Å². The summed E-state index contributed by atoms with van der Waals surface area (Å²) in [6.45, 7) is 3.46. The number of aromatic carboxylic acids is 1. The Morgan fingerprint density at radius 3 is 2.61 bits per heavy atom. The van der Waals surface area contributed by atoms with E-state index in [1.165, 1.54) is 6.20 Å². The van der Waals surface area contributed by atoms with Crippen LogP contribution in [0.4, 0.5) is 0 Å². The molecule has 0 aliphatic heterocycles. The Bertz CT molecular complexity index is 469. The molecule has 0 fully saturated rings. The van der Waals surface area contributed by atoms with Crippen LogP contribution in [0, 0.1) is 0 Å². The van der Waals surface area contributed by atoms with Gasteiger partial charge in [0.1, 0.15) is 4.88 Å². The normalized spacial score (nSPS) is 10.2. The summed E-state index contributed by atoms with van der Waals surface area (Å²) in [5, 5.41) is 13.5. The van der Waals surface area contributed by atoms with Crippen molar-refractivity contribution in [1.29, 1.82) is 0 Å². The number of hydrogen-bond acceptors (Lipinski definition) is 5. The van der Waals surface area contributed by atoms with Gasteiger partial charge in [-0.25, -0.2) is 9.78 Å². The monoisotopic (exact) mass is 271 g/mol. The van der Waals surface area contributed by atoms with Crippen molar-refractivity contribution in [1.82, 2.24) is 15.6 Å². The summed E-state index contributed by atoms with van der Waals surface area (Å²) >= 11 is 0.760. The first-order valence-electron chi connectivity index (χ1n) is 5.17. The number of hydrogen-bond donors (Lipinski definition) is 3. The zero-order valence-corrected chi connectivity index (χ0v) is 10.7. The lowest BCUT2D eigenvalue weighted by atomic mass is 10.4. The van der Waals surface area contributed by atoms with Gasteiger partial charge in [0, 0.05) is 6.04 Å². The molecule has 98 valence electrons. The van der Waals surface area contributed by atoms with Gasteiger partial charge in [0.05, 0.1) is 12.7 Å². The lowest BCUT2D eigenvalue weighted by Gasteiger charge is -2.08. The SMILES string of the molecule is CC(C)NC(=O)CNC(=O)c1cnc(C(=O)O)s1. The lowest BCUT2D eigenvalue weighted by Crippen LogP contribution is -2.39. The second-order valence-electron chi connectivity index (χ2n) is 3.74. The molecule has 18 heavy (non-hydrogen) atoms. The van der Waals surface area contributed by atoms with E-state index in [0.29, 0.717) is 0 Å². The van der Waals surface area contributed by atoms with Crippen LogP contribution in [0.1, 0.15) is 33.3 Å². The molecular formula is C10H13N3O4S. The Kier molecular flexibility index (Phi) is 4.78. The number of nitrogens with zero attached hydrogens (tertiary/aromatic N) is 1. The van der Waals surface area contributed by atoms with Gasteiger partial charge in [0.25, 0.3) is 5.91 Å². The number of nitrogens with one attached hydrogen (secondary N) is 2. The van der Waals surface area contributed by atoms with Crippen LogP contribution in [0.3, 0.4) is 0 Å². The van der Waals surface area contributed by atoms with Crippen molar-refractivity contribution >= 4 is 29.1 Å². The van der Waals surface area contributed by atoms with E-state index in [-0.39, 0.29) is 28.4 Å². The molecule has 2 amide bonds. The van der Waals surface area contributed by atoms with Crippen LogP contribution in [-0.2, 0) is 4.79 Å². The minimum Gasteiger partial charge on any atom is -0.476 e. The van der Waals surface area contributed by atoms with Crippen molar-refractivity contribution in [3.63, 3.8) is 0 Å². The molecule has 0 aromatic carbocycles. The Labute approximate surface area is 107 Å². The highest BCUT2D eigenvalue weighted by molar-refractivity contribution is 7.15. The van der Waals surface area contributed by atoms with Crippen molar-refractivity contribution in [2.24, 2.45) is 0 Å². The van der Waals surface area contributed by atoms with Gasteiger partial charge in [-0.2, -0.15) is 0 Å². The smallest absolute Gasteiger partial charge is 0.365 e. The molecule has 7 nitrogen and oxygen atoms in total. The van der Waals surface area contributed by atoms with Crippen LogP contribution in [0.15, 0.2) is 6.20 Å². The summed E-state index contributed by atoms with van der Waals surface area (Å²) in [6.07, 6.45) is 1.17. The third-order valence-corrected chi connectivity index (χ3v) is 2.76. The highest BCUT2D eigenvalue weighted by atomic mass is 32.1. The molecule has 0 atom stereocenters. The van der Waals surface area contributed by atoms with Gasteiger partial charge in [-0.3, -0.25) is 9.59 Å². The van der Waals surface area contributed by atoms with Crippen molar-refractivity contribution in [3.05, 3.63) is 16.1 Å². The molecule has 1 rings (SSSR count). The minimum atomic E-state index is -1.18. The Morgan fingerprint density at radius 2 is 2.11 bits per heavy atom. The molecule has 0 aliphatic rings. The maximum atomic E-state index is 11.6. The average molecular weight is 271 g/mol. The van der Waals surface area contributed by atoms with E-state index in [1.54, 1.807) is 0 Å². The Morgan fingerprint density at radius 1 is 1.44 bits per heavy atom. The molecule has 0 saturated heterocycles. The van der Waals surface area contributed by atoms with E-state index in [9.17, 15) is 14.4 Å². The molecule has 8 heteroatoms. The second kappa shape index (κ2) is 6.10. The van der Waals surface area contributed by atoms with Crippen LogP contribution in [0.2, 0.25) is 0 Å². The molecule has 0 aliphatic carbocycles. The molecule has 0 saturated carbocycles. The number of thiazole rings is 1. The van der Waals surface area contributed by atoms with Gasteiger partial charge in [-0.15, -0.1) is 11.3 Å². The molecule has 0 radical (unpaired) electrons. The predicted octanol–water partition coefficient (Wildman–Crippen LogP) is 0.0957. The van der Waals surface area contributed by atoms with Crippen LogP contribution < -0.4 is 10.6 Å². The third-order valence-electron chi connectivity index (χ3n) is 1.77. The summed E-state index contributed by atoms with van der Waals surface area (Å²) in [5.41, 5.74) is 0. The van der Waals surface area contributed by atoms with Gasteiger partial charge in [0.2, 0.25) is 10.9 Å². The maximum Gasteiger partial charge on any atom is 0.365 e. The minimum absolute atomic E-state index is 0.00332. The molecular weight excluding hydrogens is 258 g/mol. The first-order chi connectivity index (χ1) is 8.40. The number of rotatable bonds is 5. The van der Waals surface area contributed by atoms with E-state index in [0.717, 1.165) is 11.3 Å². The maximum absolute atomic E-state index is 11.6. The molecule has 0 unspecified atom stereocenters. The first-order valence-corrected chi connectivity index (χ1v) is 5.98. The summed E-state index contributed by atoms with van der Waals surface area (Å²) in [5.74, 6) is -2.00. The number of carboxylic acids is 1. The van der Waals surface area contributed by atoms with Gasteiger partial charge in [-0.1, -0.05) is 0 Å². The van der Waals surface area contributed by atoms with Crippen molar-refractivity contribution in [2.75, 3.05) is 6.54 Å². The van der Waals surface area contributed by atoms with E-state index < -0.39 is 11.9 Å². The van der Waals surface area contributed by atoms with E-state index in [1.807, 2.05) is 13.8 Å². The molecule has 1 aromatic heterocycles.